The maximum Gasteiger partial charge on any atom is 0.254 e. The molecule has 4 rings (SSSR count). The number of aliphatic hydroxyl groups is 1. The van der Waals surface area contributed by atoms with E-state index in [1.807, 2.05) is 16.5 Å². The first-order valence-electron chi connectivity index (χ1n) is 10.3. The molecule has 5 nitrogen and oxygen atoms in total. The van der Waals surface area contributed by atoms with Crippen molar-refractivity contribution in [2.75, 3.05) is 26.2 Å². The van der Waals surface area contributed by atoms with Gasteiger partial charge in [0.25, 0.3) is 5.91 Å². The smallest absolute Gasteiger partial charge is 0.254 e. The molecule has 2 aromatic heterocycles. The van der Waals surface area contributed by atoms with Crippen LogP contribution in [0.4, 0.5) is 0 Å². The highest BCUT2D eigenvalue weighted by Gasteiger charge is 2.29. The van der Waals surface area contributed by atoms with Crippen LogP contribution in [0, 0.1) is 5.92 Å². The van der Waals surface area contributed by atoms with E-state index >= 15 is 0 Å². The highest BCUT2D eigenvalue weighted by atomic mass is 32.1. The summed E-state index contributed by atoms with van der Waals surface area (Å²) >= 11 is 1.71. The third-order valence-electron chi connectivity index (χ3n) is 6.00. The Morgan fingerprint density at radius 3 is 3.00 bits per heavy atom. The molecule has 0 aliphatic carbocycles. The Balaban J connectivity index is 1.42. The topological polar surface area (TPSA) is 56.7 Å². The highest BCUT2D eigenvalue weighted by Crippen LogP contribution is 2.31. The van der Waals surface area contributed by atoms with E-state index in [-0.39, 0.29) is 18.4 Å². The lowest BCUT2D eigenvalue weighted by Gasteiger charge is -2.32. The third-order valence-corrected chi connectivity index (χ3v) is 7.01. The Bertz CT molecular complexity index is 818. The predicted octanol–water partition coefficient (Wildman–Crippen LogP) is 3.11. The van der Waals surface area contributed by atoms with Crippen LogP contribution < -0.4 is 0 Å². The minimum Gasteiger partial charge on any atom is -0.396 e. The van der Waals surface area contributed by atoms with Gasteiger partial charge in [0.2, 0.25) is 0 Å². The van der Waals surface area contributed by atoms with Crippen molar-refractivity contribution in [2.24, 2.45) is 5.92 Å². The van der Waals surface area contributed by atoms with Crippen molar-refractivity contribution in [3.05, 3.63) is 51.0 Å². The Kier molecular flexibility index (Phi) is 6.09. The Morgan fingerprint density at radius 1 is 1.36 bits per heavy atom. The van der Waals surface area contributed by atoms with Crippen LogP contribution in [0.25, 0.3) is 0 Å². The number of carbonyl (C=O) groups excluding carboxylic acids is 1. The summed E-state index contributed by atoms with van der Waals surface area (Å²) in [6.07, 6.45) is 5.92. The number of nitrogens with zero attached hydrogens (tertiary/aromatic N) is 3. The fourth-order valence-electron chi connectivity index (χ4n) is 4.25. The highest BCUT2D eigenvalue weighted by molar-refractivity contribution is 7.10. The first-order chi connectivity index (χ1) is 13.7. The van der Waals surface area contributed by atoms with Crippen LogP contribution in [0.3, 0.4) is 0 Å². The monoisotopic (exact) mass is 399 g/mol. The van der Waals surface area contributed by atoms with Gasteiger partial charge in [-0.3, -0.25) is 14.7 Å². The number of hydrogen-bond acceptors (Lipinski definition) is 5. The molecule has 2 aliphatic heterocycles. The SMILES string of the molecule is CCc1ccc(CN2CCc3c(C(=O)N4CCCC(CO)C4)csc3C2)nc1. The fourth-order valence-corrected chi connectivity index (χ4v) is 5.37. The molecule has 6 heteroatoms. The van der Waals surface area contributed by atoms with Gasteiger partial charge >= 0.3 is 0 Å². The molecule has 1 fully saturated rings. The fraction of sp³-hybridized carbons (Fsp3) is 0.545. The number of amides is 1. The molecule has 0 aromatic carbocycles. The molecule has 4 heterocycles. The molecule has 1 atom stereocenters. The molecule has 28 heavy (non-hydrogen) atoms. The Hall–Kier alpha value is -1.76. The third kappa shape index (κ3) is 4.14. The number of fused-ring (bicyclic) bond motifs is 1. The number of aromatic nitrogens is 1. The van der Waals surface area contributed by atoms with Crippen LogP contribution in [0.15, 0.2) is 23.7 Å². The summed E-state index contributed by atoms with van der Waals surface area (Å²) in [5.41, 5.74) is 4.51. The zero-order valence-electron chi connectivity index (χ0n) is 16.6. The second-order valence-corrected chi connectivity index (χ2v) is 8.93. The van der Waals surface area contributed by atoms with Crippen molar-refractivity contribution in [2.45, 2.75) is 45.7 Å². The van der Waals surface area contributed by atoms with E-state index in [4.69, 9.17) is 0 Å². The van der Waals surface area contributed by atoms with Crippen molar-refractivity contribution in [1.82, 2.24) is 14.8 Å². The van der Waals surface area contributed by atoms with Gasteiger partial charge in [-0.15, -0.1) is 11.3 Å². The number of piperidine rings is 1. The summed E-state index contributed by atoms with van der Waals surface area (Å²) in [5.74, 6) is 0.384. The normalized spacial score (nSPS) is 20.2. The number of thiophene rings is 1. The Labute approximate surface area is 171 Å². The van der Waals surface area contributed by atoms with Gasteiger partial charge in [0, 0.05) is 55.8 Å². The summed E-state index contributed by atoms with van der Waals surface area (Å²) in [7, 11) is 0. The number of hydrogen-bond donors (Lipinski definition) is 1. The van der Waals surface area contributed by atoms with Gasteiger partial charge < -0.3 is 10.0 Å². The van der Waals surface area contributed by atoms with Crippen LogP contribution in [-0.4, -0.2) is 52.0 Å². The lowest BCUT2D eigenvalue weighted by atomic mass is 9.97. The minimum absolute atomic E-state index is 0.154. The predicted molar refractivity (Wildman–Crippen MR) is 111 cm³/mol. The molecule has 0 spiro atoms. The van der Waals surface area contributed by atoms with Crippen LogP contribution in [0.1, 0.15) is 51.8 Å². The molecule has 0 radical (unpaired) electrons. The maximum atomic E-state index is 13.1. The lowest BCUT2D eigenvalue weighted by Crippen LogP contribution is -2.41. The van der Waals surface area contributed by atoms with Crippen molar-refractivity contribution in [3.63, 3.8) is 0 Å². The molecule has 1 saturated heterocycles. The zero-order valence-corrected chi connectivity index (χ0v) is 17.4. The molecule has 2 aromatic rings. The molecule has 0 saturated carbocycles. The summed E-state index contributed by atoms with van der Waals surface area (Å²) in [5, 5.41) is 11.5. The molecule has 2 aliphatic rings. The van der Waals surface area contributed by atoms with Gasteiger partial charge in [-0.05, 0) is 48.8 Å². The molecule has 0 bridgehead atoms. The summed E-state index contributed by atoms with van der Waals surface area (Å²) < 4.78 is 0. The van der Waals surface area contributed by atoms with Gasteiger partial charge in [-0.25, -0.2) is 0 Å². The molecule has 150 valence electrons. The summed E-state index contributed by atoms with van der Waals surface area (Å²) in [4.78, 5) is 23.3. The number of rotatable bonds is 5. The van der Waals surface area contributed by atoms with E-state index in [0.717, 1.165) is 63.1 Å². The molecule has 1 unspecified atom stereocenters. The van der Waals surface area contributed by atoms with Crippen molar-refractivity contribution in [3.8, 4) is 0 Å². The first-order valence-corrected chi connectivity index (χ1v) is 11.2. The second-order valence-electron chi connectivity index (χ2n) is 7.97. The maximum absolute atomic E-state index is 13.1. The van der Waals surface area contributed by atoms with E-state index in [9.17, 15) is 9.90 Å². The van der Waals surface area contributed by atoms with Crippen molar-refractivity contribution < 1.29 is 9.90 Å². The van der Waals surface area contributed by atoms with Gasteiger partial charge in [-0.1, -0.05) is 13.0 Å². The lowest BCUT2D eigenvalue weighted by molar-refractivity contribution is 0.0619. The minimum atomic E-state index is 0.154. The van der Waals surface area contributed by atoms with Crippen LogP contribution in [-0.2, 0) is 25.9 Å². The van der Waals surface area contributed by atoms with Crippen LogP contribution >= 0.6 is 11.3 Å². The second kappa shape index (κ2) is 8.72. The summed E-state index contributed by atoms with van der Waals surface area (Å²) in [6.45, 7) is 6.52. The van der Waals surface area contributed by atoms with Gasteiger partial charge in [0.1, 0.15) is 0 Å². The quantitative estimate of drug-likeness (QED) is 0.839. The van der Waals surface area contributed by atoms with E-state index in [0.29, 0.717) is 6.54 Å². The van der Waals surface area contributed by atoms with E-state index < -0.39 is 0 Å². The summed E-state index contributed by atoms with van der Waals surface area (Å²) in [6, 6.07) is 4.30. The average Bonchev–Trinajstić information content (AvgIpc) is 3.17. The van der Waals surface area contributed by atoms with Gasteiger partial charge in [0.15, 0.2) is 0 Å². The molecule has 1 N–H and O–H groups in total. The first kappa shape index (κ1) is 19.6. The van der Waals surface area contributed by atoms with Gasteiger partial charge in [0.05, 0.1) is 11.3 Å². The average molecular weight is 400 g/mol. The molecule has 1 amide bonds. The van der Waals surface area contributed by atoms with E-state index in [2.05, 4.69) is 28.9 Å². The largest absolute Gasteiger partial charge is 0.396 e. The zero-order chi connectivity index (χ0) is 19.5. The van der Waals surface area contributed by atoms with Crippen LogP contribution in [0.5, 0.6) is 0 Å². The number of aryl methyl sites for hydroxylation is 1. The number of pyridine rings is 1. The Morgan fingerprint density at radius 2 is 2.25 bits per heavy atom. The van der Waals surface area contributed by atoms with Crippen LogP contribution in [0.2, 0.25) is 0 Å². The molecular weight excluding hydrogens is 370 g/mol. The number of aliphatic hydroxyl groups excluding tert-OH is 1. The number of carbonyl (C=O) groups is 1. The van der Waals surface area contributed by atoms with Gasteiger partial charge in [-0.2, -0.15) is 0 Å². The van der Waals surface area contributed by atoms with E-state index in [1.165, 1.54) is 16.0 Å². The number of likely N-dealkylation sites (tertiary alicyclic amines) is 1. The molecular formula is C22H29N3O2S. The van der Waals surface area contributed by atoms with Crippen molar-refractivity contribution in [1.29, 1.82) is 0 Å². The van der Waals surface area contributed by atoms with Crippen molar-refractivity contribution >= 4 is 17.2 Å². The van der Waals surface area contributed by atoms with E-state index in [1.54, 1.807) is 11.3 Å². The standard InChI is InChI=1S/C22H29N3O2S/c1-2-16-5-6-18(23-10-16)12-24-9-7-19-20(15-28-21(19)13-24)22(27)25-8-3-4-17(11-25)14-26/h5-6,10,15,17,26H,2-4,7-9,11-14H2,1H3.